The molecule has 0 saturated carbocycles. The summed E-state index contributed by atoms with van der Waals surface area (Å²) in [6.45, 7) is 6.95. The molecule has 3 aromatic heterocycles. The number of hydrazine groups is 1. The van der Waals surface area contributed by atoms with Gasteiger partial charge in [0.05, 0.1) is 6.54 Å². The second kappa shape index (κ2) is 9.67. The summed E-state index contributed by atoms with van der Waals surface area (Å²) in [6.07, 6.45) is 4.87. The Bertz CT molecular complexity index is 1540. The van der Waals surface area contributed by atoms with Crippen LogP contribution in [0.2, 0.25) is 0 Å². The normalized spacial score (nSPS) is 11.8. The molecule has 0 spiro atoms. The number of nitrogens with one attached hydrogen (secondary N) is 1. The summed E-state index contributed by atoms with van der Waals surface area (Å²) in [7, 11) is 0. The minimum absolute atomic E-state index is 0.324. The van der Waals surface area contributed by atoms with Crippen LogP contribution in [-0.2, 0) is 13.0 Å². The van der Waals surface area contributed by atoms with Crippen molar-refractivity contribution >= 4 is 17.0 Å². The van der Waals surface area contributed by atoms with E-state index >= 15 is 0 Å². The highest BCUT2D eigenvalue weighted by Gasteiger charge is 2.15. The molecule has 0 aliphatic heterocycles. The third-order valence-corrected chi connectivity index (χ3v) is 6.39. The van der Waals surface area contributed by atoms with Gasteiger partial charge in [-0.15, -0.1) is 5.10 Å². The molecule has 5 aromatic rings. The Morgan fingerprint density at radius 1 is 1.00 bits per heavy atom. The zero-order valence-corrected chi connectivity index (χ0v) is 20.7. The van der Waals surface area contributed by atoms with Gasteiger partial charge >= 0.3 is 0 Å². The first kappa shape index (κ1) is 23.3. The van der Waals surface area contributed by atoms with Gasteiger partial charge in [0.1, 0.15) is 11.3 Å². The number of nitrogens with zero attached hydrogens (tertiary/aromatic N) is 5. The number of hydrogen-bond acceptors (Lipinski definition) is 5. The Morgan fingerprint density at radius 2 is 1.75 bits per heavy atom. The van der Waals surface area contributed by atoms with Gasteiger partial charge in [-0.25, -0.2) is 21.3 Å². The van der Waals surface area contributed by atoms with Gasteiger partial charge in [-0.05, 0) is 72.5 Å². The number of imidazole rings is 1. The smallest absolute Gasteiger partial charge is 0.160 e. The largest absolute Gasteiger partial charge is 0.382 e. The van der Waals surface area contributed by atoms with Crippen molar-refractivity contribution in [3.8, 4) is 16.8 Å². The lowest BCUT2D eigenvalue weighted by molar-refractivity contribution is 0.745. The number of aromatic nitrogens is 4. The van der Waals surface area contributed by atoms with Gasteiger partial charge in [-0.1, -0.05) is 31.2 Å². The van der Waals surface area contributed by atoms with Gasteiger partial charge in [0.2, 0.25) is 0 Å². The number of hydrogen-bond donors (Lipinski definition) is 3. The predicted molar refractivity (Wildman–Crippen MR) is 145 cm³/mol. The molecule has 5 rings (SSSR count). The summed E-state index contributed by atoms with van der Waals surface area (Å²) in [5.41, 5.74) is 17.6. The maximum Gasteiger partial charge on any atom is 0.160 e. The van der Waals surface area contributed by atoms with E-state index in [-0.39, 0.29) is 0 Å². The van der Waals surface area contributed by atoms with Crippen molar-refractivity contribution < 1.29 is 0 Å². The number of hydrazone groups is 1. The van der Waals surface area contributed by atoms with Crippen LogP contribution in [0.5, 0.6) is 0 Å². The lowest BCUT2D eigenvalue weighted by Crippen LogP contribution is -2.23. The third kappa shape index (κ3) is 4.34. The summed E-state index contributed by atoms with van der Waals surface area (Å²) < 4.78 is 4.28. The number of aryl methyl sites for hydroxylation is 3. The molecule has 8 heteroatoms. The monoisotopic (exact) mass is 478 g/mol. The number of fused-ring (bicyclic) bond motifs is 1. The van der Waals surface area contributed by atoms with E-state index in [0.29, 0.717) is 12.4 Å². The maximum absolute atomic E-state index is 6.23. The van der Waals surface area contributed by atoms with E-state index in [2.05, 4.69) is 70.0 Å². The van der Waals surface area contributed by atoms with E-state index in [4.69, 9.17) is 21.5 Å². The first-order chi connectivity index (χ1) is 17.5. The van der Waals surface area contributed by atoms with E-state index in [1.807, 2.05) is 43.6 Å². The number of nitrogens with two attached hydrogens (primary N) is 2. The molecule has 182 valence electrons. The standard InChI is InChI=1S/C28H30N8/c1-4-25-32-26-18(2)15-19(3)31-28(26)36(25)17-20-7-9-21(10-8-20)24-16-22(35-13-5-6-14-35)11-12-23(24)27(29)33-34-30/h5-16,34H,4,17,30H2,1-3H3,(H2,29,33). The van der Waals surface area contributed by atoms with Crippen LogP contribution in [0, 0.1) is 13.8 Å². The average molecular weight is 479 g/mol. The topological polar surface area (TPSA) is 112 Å². The average Bonchev–Trinajstić information content (AvgIpc) is 3.53. The lowest BCUT2D eigenvalue weighted by atomic mass is 9.97. The van der Waals surface area contributed by atoms with Gasteiger partial charge in [0, 0.05) is 35.8 Å². The second-order valence-electron chi connectivity index (χ2n) is 8.86. The van der Waals surface area contributed by atoms with Crippen LogP contribution in [0.15, 0.2) is 78.2 Å². The zero-order valence-electron chi connectivity index (χ0n) is 20.7. The zero-order chi connectivity index (χ0) is 25.2. The molecule has 5 N–H and O–H groups in total. The predicted octanol–water partition coefficient (Wildman–Crippen LogP) is 4.20. The number of benzene rings is 2. The van der Waals surface area contributed by atoms with Gasteiger partial charge in [-0.3, -0.25) is 0 Å². The molecule has 8 nitrogen and oxygen atoms in total. The van der Waals surface area contributed by atoms with E-state index in [9.17, 15) is 0 Å². The van der Waals surface area contributed by atoms with Crippen molar-refractivity contribution in [3.63, 3.8) is 0 Å². The second-order valence-corrected chi connectivity index (χ2v) is 8.86. The van der Waals surface area contributed by atoms with E-state index in [0.717, 1.165) is 57.0 Å². The first-order valence-corrected chi connectivity index (χ1v) is 12.0. The Hall–Kier alpha value is -4.43. The molecule has 2 aromatic carbocycles. The number of rotatable bonds is 7. The SMILES string of the molecule is CCc1nc2c(C)cc(C)nc2n1Cc1ccc(-c2cc(-n3cccc3)ccc2/C(N)=N/NN)cc1. The first-order valence-electron chi connectivity index (χ1n) is 12.0. The van der Waals surface area contributed by atoms with Gasteiger partial charge in [0.25, 0.3) is 0 Å². The van der Waals surface area contributed by atoms with Crippen LogP contribution in [0.25, 0.3) is 28.0 Å². The van der Waals surface area contributed by atoms with E-state index in [1.165, 1.54) is 5.56 Å². The summed E-state index contributed by atoms with van der Waals surface area (Å²) >= 11 is 0. The molecule has 0 radical (unpaired) electrons. The quantitative estimate of drug-likeness (QED) is 0.140. The molecule has 0 aliphatic carbocycles. The Labute approximate surface area is 210 Å². The van der Waals surface area contributed by atoms with Crippen LogP contribution in [0.3, 0.4) is 0 Å². The molecule has 0 amide bonds. The van der Waals surface area contributed by atoms with Crippen molar-refractivity contribution in [3.05, 3.63) is 101 Å². The molecular weight excluding hydrogens is 448 g/mol. The van der Waals surface area contributed by atoms with E-state index in [1.54, 1.807) is 0 Å². The summed E-state index contributed by atoms with van der Waals surface area (Å²) in [6, 6.07) is 20.7. The molecule has 0 fully saturated rings. The van der Waals surface area contributed by atoms with Crippen LogP contribution in [0.4, 0.5) is 0 Å². The highest BCUT2D eigenvalue weighted by atomic mass is 15.5. The minimum Gasteiger partial charge on any atom is -0.382 e. The molecule has 36 heavy (non-hydrogen) atoms. The molecule has 0 atom stereocenters. The summed E-state index contributed by atoms with van der Waals surface area (Å²) in [5, 5.41) is 4.00. The van der Waals surface area contributed by atoms with Crippen LogP contribution in [-0.4, -0.2) is 24.9 Å². The van der Waals surface area contributed by atoms with Crippen molar-refractivity contribution in [2.24, 2.45) is 16.7 Å². The summed E-state index contributed by atoms with van der Waals surface area (Å²) in [5.74, 6) is 6.76. The van der Waals surface area contributed by atoms with Gasteiger partial charge in [-0.2, -0.15) is 0 Å². The molecular formula is C28H30N8. The third-order valence-electron chi connectivity index (χ3n) is 6.39. The highest BCUT2D eigenvalue weighted by molar-refractivity contribution is 6.03. The Balaban J connectivity index is 1.53. The summed E-state index contributed by atoms with van der Waals surface area (Å²) in [4.78, 5) is 9.67. The Morgan fingerprint density at radius 3 is 2.44 bits per heavy atom. The molecule has 3 heterocycles. The minimum atomic E-state index is 0.324. The Kier molecular flexibility index (Phi) is 6.26. The molecule has 0 bridgehead atoms. The van der Waals surface area contributed by atoms with Crippen molar-refractivity contribution in [2.45, 2.75) is 33.7 Å². The lowest BCUT2D eigenvalue weighted by Gasteiger charge is -2.14. The van der Waals surface area contributed by atoms with Crippen LogP contribution in [0.1, 0.15) is 35.1 Å². The maximum atomic E-state index is 6.23. The highest BCUT2D eigenvalue weighted by Crippen LogP contribution is 2.28. The van der Waals surface area contributed by atoms with Crippen molar-refractivity contribution in [1.82, 2.24) is 24.6 Å². The molecule has 0 saturated heterocycles. The number of amidine groups is 1. The van der Waals surface area contributed by atoms with Crippen LogP contribution >= 0.6 is 0 Å². The van der Waals surface area contributed by atoms with Gasteiger partial charge in [0.15, 0.2) is 11.5 Å². The fraction of sp³-hybridized carbons (Fsp3) is 0.179. The van der Waals surface area contributed by atoms with E-state index < -0.39 is 0 Å². The van der Waals surface area contributed by atoms with Crippen molar-refractivity contribution in [2.75, 3.05) is 0 Å². The molecule has 0 unspecified atom stereocenters. The van der Waals surface area contributed by atoms with Crippen molar-refractivity contribution in [1.29, 1.82) is 0 Å². The number of pyridine rings is 1. The van der Waals surface area contributed by atoms with Gasteiger partial charge < -0.3 is 14.9 Å². The fourth-order valence-electron chi connectivity index (χ4n) is 4.65. The molecule has 0 aliphatic rings. The fourth-order valence-corrected chi connectivity index (χ4v) is 4.65. The van der Waals surface area contributed by atoms with Crippen LogP contribution < -0.4 is 17.1 Å².